The van der Waals surface area contributed by atoms with E-state index in [0.29, 0.717) is 12.1 Å². The Kier molecular flexibility index (Phi) is 6.75. The van der Waals surface area contributed by atoms with Crippen molar-refractivity contribution < 1.29 is 9.53 Å². The van der Waals surface area contributed by atoms with Crippen molar-refractivity contribution in [3.05, 3.63) is 0 Å². The first-order valence-electron chi connectivity index (χ1n) is 9.59. The van der Waals surface area contributed by atoms with E-state index in [4.69, 9.17) is 4.74 Å². The van der Waals surface area contributed by atoms with E-state index in [1.54, 1.807) is 0 Å². The van der Waals surface area contributed by atoms with Gasteiger partial charge in [-0.3, -0.25) is 0 Å². The van der Waals surface area contributed by atoms with Crippen LogP contribution in [-0.2, 0) is 4.74 Å². The Balaban J connectivity index is 1.78. The molecular formula is C19H36N2O2. The molecule has 4 nitrogen and oxygen atoms in total. The highest BCUT2D eigenvalue weighted by atomic mass is 16.6. The Morgan fingerprint density at radius 1 is 1.04 bits per heavy atom. The monoisotopic (exact) mass is 324 g/mol. The fourth-order valence-corrected chi connectivity index (χ4v) is 3.91. The molecule has 0 aromatic carbocycles. The summed E-state index contributed by atoms with van der Waals surface area (Å²) in [5.41, 5.74) is -0.406. The minimum atomic E-state index is -0.406. The SMILES string of the molecule is C[C@@H](NC1CCCN(C(=O)OC(C)(C)C)CC1)C1CCCCC1. The Bertz CT molecular complexity index is 372. The van der Waals surface area contributed by atoms with Gasteiger partial charge in [-0.15, -0.1) is 0 Å². The fourth-order valence-electron chi connectivity index (χ4n) is 3.91. The van der Waals surface area contributed by atoms with Gasteiger partial charge in [-0.2, -0.15) is 0 Å². The molecule has 4 heteroatoms. The van der Waals surface area contributed by atoms with Gasteiger partial charge in [0.05, 0.1) is 0 Å². The second kappa shape index (κ2) is 8.36. The molecule has 0 aromatic heterocycles. The van der Waals surface area contributed by atoms with Crippen molar-refractivity contribution in [3.63, 3.8) is 0 Å². The lowest BCUT2D eigenvalue weighted by Gasteiger charge is -2.31. The molecule has 1 saturated carbocycles. The summed E-state index contributed by atoms with van der Waals surface area (Å²) in [5, 5.41) is 3.86. The topological polar surface area (TPSA) is 41.6 Å². The van der Waals surface area contributed by atoms with E-state index in [2.05, 4.69) is 12.2 Å². The van der Waals surface area contributed by atoms with Crippen molar-refractivity contribution in [2.24, 2.45) is 5.92 Å². The van der Waals surface area contributed by atoms with Gasteiger partial charge in [0.1, 0.15) is 5.60 Å². The van der Waals surface area contributed by atoms with E-state index in [1.807, 2.05) is 25.7 Å². The lowest BCUT2D eigenvalue weighted by atomic mass is 9.84. The van der Waals surface area contributed by atoms with Gasteiger partial charge in [0.25, 0.3) is 0 Å². The van der Waals surface area contributed by atoms with Crippen LogP contribution in [0.5, 0.6) is 0 Å². The maximum absolute atomic E-state index is 12.2. The van der Waals surface area contributed by atoms with Crippen molar-refractivity contribution >= 4 is 6.09 Å². The summed E-state index contributed by atoms with van der Waals surface area (Å²) in [6.45, 7) is 9.78. The zero-order valence-electron chi connectivity index (χ0n) is 15.6. The van der Waals surface area contributed by atoms with E-state index >= 15 is 0 Å². The molecule has 1 unspecified atom stereocenters. The maximum atomic E-state index is 12.2. The van der Waals surface area contributed by atoms with Gasteiger partial charge >= 0.3 is 6.09 Å². The molecule has 2 rings (SSSR count). The van der Waals surface area contributed by atoms with Crippen molar-refractivity contribution in [1.29, 1.82) is 0 Å². The highest BCUT2D eigenvalue weighted by molar-refractivity contribution is 5.68. The van der Waals surface area contributed by atoms with Crippen molar-refractivity contribution in [3.8, 4) is 0 Å². The van der Waals surface area contributed by atoms with E-state index in [0.717, 1.165) is 38.3 Å². The Morgan fingerprint density at radius 2 is 1.74 bits per heavy atom. The molecule has 0 spiro atoms. The van der Waals surface area contributed by atoms with Gasteiger partial charge in [-0.05, 0) is 65.7 Å². The van der Waals surface area contributed by atoms with Crippen LogP contribution in [0, 0.1) is 5.92 Å². The molecule has 0 aromatic rings. The van der Waals surface area contributed by atoms with Crippen molar-refractivity contribution in [2.45, 2.75) is 96.7 Å². The van der Waals surface area contributed by atoms with Crippen LogP contribution in [0.2, 0.25) is 0 Å². The number of nitrogens with one attached hydrogen (secondary N) is 1. The normalized spacial score (nSPS) is 25.7. The zero-order chi connectivity index (χ0) is 16.9. The van der Waals surface area contributed by atoms with Crippen molar-refractivity contribution in [2.75, 3.05) is 13.1 Å². The number of carbonyl (C=O) groups is 1. The minimum absolute atomic E-state index is 0.154. The molecule has 0 radical (unpaired) electrons. The first-order valence-corrected chi connectivity index (χ1v) is 9.59. The predicted octanol–water partition coefficient (Wildman–Crippen LogP) is 4.33. The van der Waals surface area contributed by atoms with E-state index < -0.39 is 5.60 Å². The first kappa shape index (κ1) is 18.6. The summed E-state index contributed by atoms with van der Waals surface area (Å²) < 4.78 is 5.51. The third kappa shape index (κ3) is 6.33. The van der Waals surface area contributed by atoms with Crippen LogP contribution in [0.15, 0.2) is 0 Å². The minimum Gasteiger partial charge on any atom is -0.444 e. The lowest BCUT2D eigenvalue weighted by Crippen LogP contribution is -2.42. The van der Waals surface area contributed by atoms with Crippen LogP contribution in [-0.4, -0.2) is 41.8 Å². The summed E-state index contributed by atoms with van der Waals surface area (Å²) in [6.07, 6.45) is 10.1. The summed E-state index contributed by atoms with van der Waals surface area (Å²) in [6, 6.07) is 1.15. The molecule has 134 valence electrons. The van der Waals surface area contributed by atoms with Gasteiger partial charge in [0, 0.05) is 25.2 Å². The van der Waals surface area contributed by atoms with Crippen LogP contribution in [0.1, 0.15) is 79.1 Å². The second-order valence-electron chi connectivity index (χ2n) is 8.45. The molecule has 2 aliphatic rings. The van der Waals surface area contributed by atoms with E-state index in [1.165, 1.54) is 32.1 Å². The Labute approximate surface area is 142 Å². The molecule has 23 heavy (non-hydrogen) atoms. The molecule has 1 amide bonds. The van der Waals surface area contributed by atoms with Crippen molar-refractivity contribution in [1.82, 2.24) is 10.2 Å². The molecular weight excluding hydrogens is 288 g/mol. The third-order valence-electron chi connectivity index (χ3n) is 5.24. The Morgan fingerprint density at radius 3 is 2.39 bits per heavy atom. The average Bonchev–Trinajstić information content (AvgIpc) is 2.72. The number of nitrogens with zero attached hydrogens (tertiary/aromatic N) is 1. The largest absolute Gasteiger partial charge is 0.444 e. The first-order chi connectivity index (χ1) is 10.8. The van der Waals surface area contributed by atoms with Gasteiger partial charge < -0.3 is 15.0 Å². The molecule has 1 N–H and O–H groups in total. The highest BCUT2D eigenvalue weighted by Gasteiger charge is 2.27. The summed E-state index contributed by atoms with van der Waals surface area (Å²) in [4.78, 5) is 14.1. The molecule has 1 aliphatic carbocycles. The smallest absolute Gasteiger partial charge is 0.410 e. The quantitative estimate of drug-likeness (QED) is 0.840. The number of hydrogen-bond acceptors (Lipinski definition) is 3. The third-order valence-corrected chi connectivity index (χ3v) is 5.24. The molecule has 2 fully saturated rings. The standard InChI is InChI=1S/C19H36N2O2/c1-15(16-9-6-5-7-10-16)20-17-11-8-13-21(14-12-17)18(22)23-19(2,3)4/h15-17,20H,5-14H2,1-4H3/t15-,17?/m1/s1. The second-order valence-corrected chi connectivity index (χ2v) is 8.45. The number of ether oxygens (including phenoxy) is 1. The lowest BCUT2D eigenvalue weighted by molar-refractivity contribution is 0.0256. The zero-order valence-corrected chi connectivity index (χ0v) is 15.6. The maximum Gasteiger partial charge on any atom is 0.410 e. The van der Waals surface area contributed by atoms with E-state index in [9.17, 15) is 4.79 Å². The molecule has 2 atom stereocenters. The van der Waals surface area contributed by atoms with Gasteiger partial charge in [-0.25, -0.2) is 4.79 Å². The number of carbonyl (C=O) groups excluding carboxylic acids is 1. The number of rotatable bonds is 3. The molecule has 1 aliphatic heterocycles. The summed E-state index contributed by atoms with van der Waals surface area (Å²) >= 11 is 0. The molecule has 1 saturated heterocycles. The van der Waals surface area contributed by atoms with Crippen LogP contribution >= 0.6 is 0 Å². The van der Waals surface area contributed by atoms with Gasteiger partial charge in [0.2, 0.25) is 0 Å². The van der Waals surface area contributed by atoms with Crippen LogP contribution in [0.3, 0.4) is 0 Å². The molecule has 0 bridgehead atoms. The number of hydrogen-bond donors (Lipinski definition) is 1. The summed E-state index contributed by atoms with van der Waals surface area (Å²) in [5.74, 6) is 0.842. The average molecular weight is 325 g/mol. The van der Waals surface area contributed by atoms with Gasteiger partial charge in [0.15, 0.2) is 0 Å². The highest BCUT2D eigenvalue weighted by Crippen LogP contribution is 2.27. The Hall–Kier alpha value is -0.770. The van der Waals surface area contributed by atoms with E-state index in [-0.39, 0.29) is 6.09 Å². The predicted molar refractivity (Wildman–Crippen MR) is 94.6 cm³/mol. The molecule has 1 heterocycles. The summed E-state index contributed by atoms with van der Waals surface area (Å²) in [7, 11) is 0. The van der Waals surface area contributed by atoms with Crippen LogP contribution in [0.25, 0.3) is 0 Å². The number of amides is 1. The van der Waals surface area contributed by atoms with Crippen LogP contribution in [0.4, 0.5) is 4.79 Å². The van der Waals surface area contributed by atoms with Crippen LogP contribution < -0.4 is 5.32 Å². The van der Waals surface area contributed by atoms with Gasteiger partial charge in [-0.1, -0.05) is 19.3 Å². The number of likely N-dealkylation sites (tertiary alicyclic amines) is 1. The fraction of sp³-hybridized carbons (Fsp3) is 0.947.